The summed E-state index contributed by atoms with van der Waals surface area (Å²) in [7, 11) is -3.61. The Hall–Kier alpha value is -1.61. The number of imidazole rings is 1. The first-order chi connectivity index (χ1) is 12.5. The highest BCUT2D eigenvalue weighted by molar-refractivity contribution is 9.10. The maximum atomic E-state index is 13.2. The average Bonchev–Trinajstić information content (AvgIpc) is 3.29. The van der Waals surface area contributed by atoms with Gasteiger partial charge in [-0.3, -0.25) is 4.57 Å². The summed E-state index contributed by atoms with van der Waals surface area (Å²) >= 11 is 6.36. The Morgan fingerprint density at radius 2 is 1.92 bits per heavy atom. The summed E-state index contributed by atoms with van der Waals surface area (Å²) in [6.45, 7) is 0. The van der Waals surface area contributed by atoms with Gasteiger partial charge in [0.2, 0.25) is 9.84 Å². The Bertz CT molecular complexity index is 1200. The van der Waals surface area contributed by atoms with Gasteiger partial charge in [0.05, 0.1) is 19.5 Å². The van der Waals surface area contributed by atoms with E-state index in [0.29, 0.717) is 9.37 Å². The molecule has 8 heteroatoms. The van der Waals surface area contributed by atoms with Crippen LogP contribution in [0.5, 0.6) is 0 Å². The fourth-order valence-electron chi connectivity index (χ4n) is 2.76. The molecule has 0 bridgehead atoms. The number of fused-ring (bicyclic) bond motifs is 1. The predicted octanol–water partition coefficient (Wildman–Crippen LogP) is 5.40. The molecule has 0 radical (unpaired) electrons. The number of aromatic nitrogens is 2. The highest BCUT2D eigenvalue weighted by Gasteiger charge is 2.24. The van der Waals surface area contributed by atoms with Gasteiger partial charge in [-0.2, -0.15) is 0 Å². The summed E-state index contributed by atoms with van der Waals surface area (Å²) < 4.78 is 29.7. The molecule has 0 spiro atoms. The van der Waals surface area contributed by atoms with Gasteiger partial charge in [0, 0.05) is 10.2 Å². The predicted molar refractivity (Wildman–Crippen MR) is 110 cm³/mol. The molecule has 0 unspecified atom stereocenters. The highest BCUT2D eigenvalue weighted by atomic mass is 79.9. The number of halogens is 1. The quantitative estimate of drug-likeness (QED) is 0.379. The molecule has 2 aromatic carbocycles. The van der Waals surface area contributed by atoms with Crippen molar-refractivity contribution in [2.45, 2.75) is 14.0 Å². The molecule has 0 atom stereocenters. The fraction of sp³-hybridized carbons (Fsp3) is 0.0556. The number of hydrogen-bond donors (Lipinski definition) is 0. The van der Waals surface area contributed by atoms with E-state index in [4.69, 9.17) is 0 Å². The molecule has 0 aliphatic rings. The largest absolute Gasteiger partial charge is 0.299 e. The minimum absolute atomic E-state index is 0.253. The number of rotatable bonds is 4. The summed E-state index contributed by atoms with van der Waals surface area (Å²) in [6.07, 6.45) is 3.59. The lowest BCUT2D eigenvalue weighted by Crippen LogP contribution is -2.03. The van der Waals surface area contributed by atoms with Crippen LogP contribution in [0.2, 0.25) is 0 Å². The third-order valence-corrected chi connectivity index (χ3v) is 8.72. The lowest BCUT2D eigenvalue weighted by molar-refractivity contribution is 0.595. The second-order valence-corrected chi connectivity index (χ2v) is 10.3. The van der Waals surface area contributed by atoms with Gasteiger partial charge in [-0.25, -0.2) is 13.4 Å². The summed E-state index contributed by atoms with van der Waals surface area (Å²) in [5.74, 6) is 0. The van der Waals surface area contributed by atoms with Gasteiger partial charge in [-0.15, -0.1) is 23.1 Å². The van der Waals surface area contributed by atoms with Crippen LogP contribution in [0, 0.1) is 0 Å². The van der Waals surface area contributed by atoms with Crippen molar-refractivity contribution in [1.29, 1.82) is 0 Å². The molecule has 132 valence electrons. The summed E-state index contributed by atoms with van der Waals surface area (Å²) in [5, 5.41) is 1.81. The van der Waals surface area contributed by atoms with E-state index in [1.165, 1.54) is 23.1 Å². The smallest absolute Gasteiger partial charge is 0.208 e. The van der Waals surface area contributed by atoms with Crippen LogP contribution in [0.25, 0.3) is 16.7 Å². The van der Waals surface area contributed by atoms with Crippen LogP contribution in [0.3, 0.4) is 0 Å². The molecule has 0 amide bonds. The van der Waals surface area contributed by atoms with Crippen LogP contribution in [0.4, 0.5) is 0 Å². The first-order valence-corrected chi connectivity index (χ1v) is 12.0. The lowest BCUT2D eigenvalue weighted by Gasteiger charge is -2.08. The molecule has 0 aliphatic carbocycles. The van der Waals surface area contributed by atoms with Crippen molar-refractivity contribution in [2.75, 3.05) is 6.26 Å². The van der Waals surface area contributed by atoms with Gasteiger partial charge >= 0.3 is 0 Å². The van der Waals surface area contributed by atoms with Gasteiger partial charge in [0.25, 0.3) is 0 Å². The van der Waals surface area contributed by atoms with Crippen molar-refractivity contribution >= 4 is 59.9 Å². The van der Waals surface area contributed by atoms with E-state index in [2.05, 4.69) is 20.9 Å². The van der Waals surface area contributed by atoms with Crippen LogP contribution < -0.4 is 0 Å². The maximum absolute atomic E-state index is 13.2. The molecule has 2 heterocycles. The van der Waals surface area contributed by atoms with Crippen molar-refractivity contribution < 1.29 is 8.42 Å². The normalized spacial score (nSPS) is 11.9. The van der Waals surface area contributed by atoms with Crippen molar-refractivity contribution in [3.05, 3.63) is 64.7 Å². The minimum atomic E-state index is -3.61. The number of nitrogens with zero attached hydrogens (tertiary/aromatic N) is 2. The number of para-hydroxylation sites is 1. The topological polar surface area (TPSA) is 52.0 Å². The zero-order valence-electron chi connectivity index (χ0n) is 13.6. The second-order valence-electron chi connectivity index (χ2n) is 5.50. The van der Waals surface area contributed by atoms with Gasteiger partial charge in [-0.1, -0.05) is 18.2 Å². The standard InChI is InChI=1S/C18H13BrN2O2S3/c1-24-18-16(7-8-25-18)26(22,23)13-9-14(19)17-15(10-13)21(11-20-17)12-5-3-2-4-6-12/h2-11H,1H3. The van der Waals surface area contributed by atoms with Crippen LogP contribution >= 0.6 is 39.0 Å². The van der Waals surface area contributed by atoms with Crippen molar-refractivity contribution in [3.63, 3.8) is 0 Å². The van der Waals surface area contributed by atoms with Crippen LogP contribution in [0.15, 0.2) is 78.7 Å². The minimum Gasteiger partial charge on any atom is -0.299 e. The molecule has 0 fully saturated rings. The average molecular weight is 465 g/mol. The van der Waals surface area contributed by atoms with Gasteiger partial charge in [0.15, 0.2) is 0 Å². The van der Waals surface area contributed by atoms with E-state index in [-0.39, 0.29) is 4.90 Å². The van der Waals surface area contributed by atoms with Crippen LogP contribution in [-0.4, -0.2) is 24.2 Å². The Morgan fingerprint density at radius 1 is 1.15 bits per heavy atom. The Morgan fingerprint density at radius 3 is 2.65 bits per heavy atom. The molecule has 4 aromatic rings. The van der Waals surface area contributed by atoms with Gasteiger partial charge in [0.1, 0.15) is 11.8 Å². The lowest BCUT2D eigenvalue weighted by atomic mass is 10.3. The molecule has 4 nitrogen and oxygen atoms in total. The molecule has 0 saturated carbocycles. The van der Waals surface area contributed by atoms with Gasteiger partial charge < -0.3 is 0 Å². The van der Waals surface area contributed by atoms with Crippen molar-refractivity contribution in [3.8, 4) is 5.69 Å². The Balaban J connectivity index is 1.95. The van der Waals surface area contributed by atoms with Crippen LogP contribution in [-0.2, 0) is 9.84 Å². The third kappa shape index (κ3) is 2.90. The van der Waals surface area contributed by atoms with Crippen LogP contribution in [0.1, 0.15) is 0 Å². The number of benzene rings is 2. The fourth-order valence-corrected chi connectivity index (χ4v) is 7.19. The van der Waals surface area contributed by atoms with E-state index >= 15 is 0 Å². The first-order valence-electron chi connectivity index (χ1n) is 7.61. The molecule has 4 rings (SSSR count). The molecule has 0 N–H and O–H groups in total. The van der Waals surface area contributed by atoms with Crippen molar-refractivity contribution in [2.24, 2.45) is 0 Å². The van der Waals surface area contributed by atoms with E-state index in [0.717, 1.165) is 20.9 Å². The maximum Gasteiger partial charge on any atom is 0.208 e. The molecule has 0 saturated heterocycles. The molecular formula is C18H13BrN2O2S3. The third-order valence-electron chi connectivity index (χ3n) is 3.99. The monoisotopic (exact) mass is 464 g/mol. The zero-order chi connectivity index (χ0) is 18.3. The molecule has 26 heavy (non-hydrogen) atoms. The second kappa shape index (κ2) is 6.84. The molecular weight excluding hydrogens is 452 g/mol. The number of thioether (sulfide) groups is 1. The Kier molecular flexibility index (Phi) is 4.68. The summed E-state index contributed by atoms with van der Waals surface area (Å²) in [6, 6.07) is 14.7. The SMILES string of the molecule is CSc1sccc1S(=O)(=O)c1cc(Br)c2ncn(-c3ccccc3)c2c1. The van der Waals surface area contributed by atoms with E-state index in [1.54, 1.807) is 29.9 Å². The zero-order valence-corrected chi connectivity index (χ0v) is 17.6. The summed E-state index contributed by atoms with van der Waals surface area (Å²) in [4.78, 5) is 5.04. The molecule has 0 aliphatic heterocycles. The van der Waals surface area contributed by atoms with E-state index < -0.39 is 9.84 Å². The Labute approximate surface area is 167 Å². The van der Waals surface area contributed by atoms with Crippen molar-refractivity contribution in [1.82, 2.24) is 9.55 Å². The first kappa shape index (κ1) is 17.8. The highest BCUT2D eigenvalue weighted by Crippen LogP contribution is 2.36. The van der Waals surface area contributed by atoms with E-state index in [9.17, 15) is 8.42 Å². The molecule has 2 aromatic heterocycles. The van der Waals surface area contributed by atoms with Gasteiger partial charge in [-0.05, 0) is 57.9 Å². The number of sulfone groups is 1. The number of hydrogen-bond acceptors (Lipinski definition) is 5. The summed E-state index contributed by atoms with van der Waals surface area (Å²) in [5.41, 5.74) is 2.39. The van der Waals surface area contributed by atoms with E-state index in [1.807, 2.05) is 41.2 Å². The number of thiophene rings is 1.